The van der Waals surface area contributed by atoms with Gasteiger partial charge < -0.3 is 9.30 Å². The summed E-state index contributed by atoms with van der Waals surface area (Å²) in [6, 6.07) is 16.6. The fraction of sp³-hybridized carbons (Fsp3) is 0.286. The van der Waals surface area contributed by atoms with Gasteiger partial charge in [-0.2, -0.15) is 0 Å². The monoisotopic (exact) mass is 321 g/mol. The van der Waals surface area contributed by atoms with E-state index in [-0.39, 0.29) is 11.9 Å². The Hall–Kier alpha value is -2.55. The van der Waals surface area contributed by atoms with E-state index in [0.29, 0.717) is 6.42 Å². The quantitative estimate of drug-likeness (QED) is 0.663. The average molecular weight is 321 g/mol. The van der Waals surface area contributed by atoms with Crippen molar-refractivity contribution in [1.29, 1.82) is 0 Å². The first-order valence-electron chi connectivity index (χ1n) is 8.20. The second kappa shape index (κ2) is 6.52. The third-order valence-corrected chi connectivity index (χ3v) is 4.96. The lowest BCUT2D eigenvalue weighted by atomic mass is 9.84. The summed E-state index contributed by atoms with van der Waals surface area (Å²) in [5, 5.41) is 1.20. The summed E-state index contributed by atoms with van der Waals surface area (Å²) in [6.45, 7) is 4.22. The molecular weight excluding hydrogens is 298 g/mol. The van der Waals surface area contributed by atoms with Crippen LogP contribution >= 0.6 is 0 Å². The van der Waals surface area contributed by atoms with Crippen LogP contribution in [0.1, 0.15) is 34.7 Å². The van der Waals surface area contributed by atoms with E-state index < -0.39 is 0 Å². The van der Waals surface area contributed by atoms with E-state index in [1.54, 1.807) is 0 Å². The summed E-state index contributed by atoms with van der Waals surface area (Å²) in [5.41, 5.74) is 5.97. The molecule has 1 atom stereocenters. The standard InChI is InChI=1S/C21H23NO2/c1-14-9-5-6-10-16(14)18(13-20(23)24-4)21-15(2)22(3)19-12-8-7-11-17(19)21/h5-12,18H,13H2,1-4H3. The number of para-hydroxylation sites is 1. The van der Waals surface area contributed by atoms with Crippen LogP contribution in [-0.4, -0.2) is 17.6 Å². The number of aromatic nitrogens is 1. The largest absolute Gasteiger partial charge is 0.469 e. The summed E-state index contributed by atoms with van der Waals surface area (Å²) in [5.74, 6) is -0.194. The molecule has 3 heteroatoms. The SMILES string of the molecule is COC(=O)CC(c1ccccc1C)c1c(C)n(C)c2ccccc12. The number of esters is 1. The number of fused-ring (bicyclic) bond motifs is 1. The van der Waals surface area contributed by atoms with Crippen molar-refractivity contribution in [2.24, 2.45) is 7.05 Å². The van der Waals surface area contributed by atoms with Crippen LogP contribution in [0.4, 0.5) is 0 Å². The van der Waals surface area contributed by atoms with Gasteiger partial charge >= 0.3 is 5.97 Å². The number of carbonyl (C=O) groups is 1. The molecule has 24 heavy (non-hydrogen) atoms. The van der Waals surface area contributed by atoms with Gasteiger partial charge in [-0.05, 0) is 36.6 Å². The van der Waals surface area contributed by atoms with Crippen molar-refractivity contribution < 1.29 is 9.53 Å². The Morgan fingerprint density at radius 1 is 1.08 bits per heavy atom. The van der Waals surface area contributed by atoms with Gasteiger partial charge in [0.25, 0.3) is 0 Å². The van der Waals surface area contributed by atoms with Gasteiger partial charge in [0.2, 0.25) is 0 Å². The Morgan fingerprint density at radius 3 is 2.46 bits per heavy atom. The van der Waals surface area contributed by atoms with Gasteiger partial charge in [-0.3, -0.25) is 4.79 Å². The van der Waals surface area contributed by atoms with E-state index in [1.807, 2.05) is 12.1 Å². The second-order valence-electron chi connectivity index (χ2n) is 6.26. The van der Waals surface area contributed by atoms with Crippen LogP contribution in [0.15, 0.2) is 48.5 Å². The maximum absolute atomic E-state index is 12.1. The molecular formula is C21H23NO2. The van der Waals surface area contributed by atoms with Crippen LogP contribution < -0.4 is 0 Å². The van der Waals surface area contributed by atoms with Gasteiger partial charge in [0, 0.05) is 29.6 Å². The lowest BCUT2D eigenvalue weighted by Crippen LogP contribution is -2.12. The molecule has 0 radical (unpaired) electrons. The number of rotatable bonds is 4. The molecule has 0 N–H and O–H groups in total. The fourth-order valence-corrected chi connectivity index (χ4v) is 3.59. The number of hydrogen-bond donors (Lipinski definition) is 0. The molecule has 0 spiro atoms. The molecule has 0 saturated heterocycles. The normalized spacial score (nSPS) is 12.3. The Balaban J connectivity index is 2.25. The first-order chi connectivity index (χ1) is 11.5. The fourth-order valence-electron chi connectivity index (χ4n) is 3.59. The zero-order valence-corrected chi connectivity index (χ0v) is 14.7. The first kappa shape index (κ1) is 16.3. The number of carbonyl (C=O) groups excluding carboxylic acids is 1. The summed E-state index contributed by atoms with van der Waals surface area (Å²) >= 11 is 0. The molecule has 0 fully saturated rings. The zero-order valence-electron chi connectivity index (χ0n) is 14.7. The topological polar surface area (TPSA) is 31.2 Å². The molecule has 3 rings (SSSR count). The maximum Gasteiger partial charge on any atom is 0.306 e. The number of ether oxygens (including phenoxy) is 1. The van der Waals surface area contributed by atoms with Crippen molar-refractivity contribution in [3.63, 3.8) is 0 Å². The average Bonchev–Trinajstić information content (AvgIpc) is 2.85. The Labute approximate surface area is 142 Å². The van der Waals surface area contributed by atoms with Gasteiger partial charge in [-0.25, -0.2) is 0 Å². The van der Waals surface area contributed by atoms with Crippen molar-refractivity contribution in [2.45, 2.75) is 26.2 Å². The molecule has 0 aliphatic carbocycles. The summed E-state index contributed by atoms with van der Waals surface area (Å²) in [7, 11) is 3.53. The van der Waals surface area contributed by atoms with E-state index in [4.69, 9.17) is 4.74 Å². The molecule has 0 bridgehead atoms. The van der Waals surface area contributed by atoms with Crippen molar-refractivity contribution in [3.8, 4) is 0 Å². The third kappa shape index (κ3) is 2.71. The smallest absolute Gasteiger partial charge is 0.306 e. The van der Waals surface area contributed by atoms with Gasteiger partial charge in [-0.1, -0.05) is 42.5 Å². The molecule has 1 unspecified atom stereocenters. The number of methoxy groups -OCH3 is 1. The highest BCUT2D eigenvalue weighted by Gasteiger charge is 2.26. The molecule has 0 aliphatic rings. The molecule has 2 aromatic carbocycles. The van der Waals surface area contributed by atoms with E-state index in [2.05, 4.69) is 61.9 Å². The maximum atomic E-state index is 12.1. The van der Waals surface area contributed by atoms with E-state index in [0.717, 1.165) is 0 Å². The Bertz CT molecular complexity index is 892. The zero-order chi connectivity index (χ0) is 17.3. The predicted octanol–water partition coefficient (Wildman–Crippen LogP) is 4.49. The Morgan fingerprint density at radius 2 is 1.75 bits per heavy atom. The molecule has 3 aromatic rings. The van der Waals surface area contributed by atoms with Crippen LogP contribution in [0.2, 0.25) is 0 Å². The Kier molecular flexibility index (Phi) is 4.43. The minimum atomic E-state index is -0.185. The van der Waals surface area contributed by atoms with Crippen molar-refractivity contribution >= 4 is 16.9 Å². The minimum Gasteiger partial charge on any atom is -0.469 e. The van der Waals surface area contributed by atoms with Crippen LogP contribution in [0.3, 0.4) is 0 Å². The van der Waals surface area contributed by atoms with Crippen LogP contribution in [0.5, 0.6) is 0 Å². The number of aryl methyl sites for hydroxylation is 2. The summed E-state index contributed by atoms with van der Waals surface area (Å²) in [6.07, 6.45) is 0.343. The van der Waals surface area contributed by atoms with Crippen LogP contribution in [0, 0.1) is 13.8 Å². The predicted molar refractivity (Wildman–Crippen MR) is 97.3 cm³/mol. The molecule has 1 heterocycles. The third-order valence-electron chi connectivity index (χ3n) is 4.96. The summed E-state index contributed by atoms with van der Waals surface area (Å²) in [4.78, 5) is 12.1. The first-order valence-corrected chi connectivity index (χ1v) is 8.20. The lowest BCUT2D eigenvalue weighted by Gasteiger charge is -2.20. The molecule has 1 aromatic heterocycles. The second-order valence-corrected chi connectivity index (χ2v) is 6.26. The van der Waals surface area contributed by atoms with Gasteiger partial charge in [-0.15, -0.1) is 0 Å². The van der Waals surface area contributed by atoms with Crippen molar-refractivity contribution in [3.05, 3.63) is 70.9 Å². The van der Waals surface area contributed by atoms with Crippen LogP contribution in [-0.2, 0) is 16.6 Å². The van der Waals surface area contributed by atoms with E-state index in [1.165, 1.54) is 40.4 Å². The number of nitrogens with zero attached hydrogens (tertiary/aromatic N) is 1. The summed E-state index contributed by atoms with van der Waals surface area (Å²) < 4.78 is 7.18. The van der Waals surface area contributed by atoms with E-state index in [9.17, 15) is 4.79 Å². The number of hydrogen-bond acceptors (Lipinski definition) is 2. The molecule has 0 aliphatic heterocycles. The van der Waals surface area contributed by atoms with Gasteiger partial charge in [0.15, 0.2) is 0 Å². The van der Waals surface area contributed by atoms with Gasteiger partial charge in [0.05, 0.1) is 13.5 Å². The number of benzene rings is 2. The van der Waals surface area contributed by atoms with Crippen molar-refractivity contribution in [2.75, 3.05) is 7.11 Å². The van der Waals surface area contributed by atoms with Crippen LogP contribution in [0.25, 0.3) is 10.9 Å². The van der Waals surface area contributed by atoms with E-state index >= 15 is 0 Å². The highest BCUT2D eigenvalue weighted by Crippen LogP contribution is 2.38. The lowest BCUT2D eigenvalue weighted by molar-refractivity contribution is -0.140. The molecule has 3 nitrogen and oxygen atoms in total. The molecule has 124 valence electrons. The molecule has 0 amide bonds. The highest BCUT2D eigenvalue weighted by molar-refractivity contribution is 5.87. The highest BCUT2D eigenvalue weighted by atomic mass is 16.5. The van der Waals surface area contributed by atoms with Crippen molar-refractivity contribution in [1.82, 2.24) is 4.57 Å². The minimum absolute atomic E-state index is 0.00949. The van der Waals surface area contributed by atoms with Gasteiger partial charge in [0.1, 0.15) is 0 Å². The molecule has 0 saturated carbocycles.